The minimum absolute atomic E-state index is 0.0569. The van der Waals surface area contributed by atoms with Crippen LogP contribution < -0.4 is 5.32 Å². The van der Waals surface area contributed by atoms with Crippen LogP contribution in [0, 0.1) is 10.8 Å². The number of anilines is 1. The number of carbonyl (C=O) groups is 2. The largest absolute Gasteiger partial charge is 0.361 e. The summed E-state index contributed by atoms with van der Waals surface area (Å²) in [5.74, 6) is 0.194. The average Bonchev–Trinajstić information content (AvgIpc) is 3.17. The molecule has 2 amide bonds. The summed E-state index contributed by atoms with van der Waals surface area (Å²) < 4.78 is 0. The van der Waals surface area contributed by atoms with Gasteiger partial charge < -0.3 is 15.1 Å². The zero-order valence-electron chi connectivity index (χ0n) is 20.4. The van der Waals surface area contributed by atoms with E-state index in [9.17, 15) is 9.59 Å². The molecule has 2 fully saturated rings. The first-order valence-electron chi connectivity index (χ1n) is 12.2. The minimum Gasteiger partial charge on any atom is -0.361 e. The lowest BCUT2D eigenvalue weighted by molar-refractivity contribution is 0.0683. The maximum atomic E-state index is 13.4. The van der Waals surface area contributed by atoms with Crippen molar-refractivity contribution in [2.24, 2.45) is 10.8 Å². The SMILES string of the molecule is CC(C)N1C(=O)c2ccccc2C1Nc1ccc(C(=O)N2CC3(C)CC2CC(C)(C)C3)cc1. The number of benzene rings is 2. The van der Waals surface area contributed by atoms with Crippen LogP contribution >= 0.6 is 0 Å². The van der Waals surface area contributed by atoms with E-state index in [1.165, 1.54) is 6.42 Å². The monoisotopic (exact) mass is 445 g/mol. The van der Waals surface area contributed by atoms with Gasteiger partial charge in [0.25, 0.3) is 11.8 Å². The molecule has 3 atom stereocenters. The lowest BCUT2D eigenvalue weighted by atomic mass is 9.65. The van der Waals surface area contributed by atoms with Crippen LogP contribution in [0.25, 0.3) is 0 Å². The Labute approximate surface area is 197 Å². The van der Waals surface area contributed by atoms with E-state index in [0.717, 1.165) is 41.8 Å². The summed E-state index contributed by atoms with van der Waals surface area (Å²) >= 11 is 0. The molecule has 5 rings (SSSR count). The molecular weight excluding hydrogens is 410 g/mol. The van der Waals surface area contributed by atoms with Crippen LogP contribution in [0.2, 0.25) is 0 Å². The molecule has 33 heavy (non-hydrogen) atoms. The van der Waals surface area contributed by atoms with Gasteiger partial charge in [0.1, 0.15) is 6.17 Å². The molecule has 2 aliphatic heterocycles. The van der Waals surface area contributed by atoms with Crippen LogP contribution in [-0.2, 0) is 0 Å². The Morgan fingerprint density at radius 1 is 1.03 bits per heavy atom. The molecule has 1 aliphatic carbocycles. The Balaban J connectivity index is 1.34. The maximum Gasteiger partial charge on any atom is 0.256 e. The van der Waals surface area contributed by atoms with Crippen LogP contribution in [0.15, 0.2) is 48.5 Å². The molecule has 174 valence electrons. The highest BCUT2D eigenvalue weighted by Crippen LogP contribution is 2.52. The molecule has 0 spiro atoms. The first-order valence-corrected chi connectivity index (χ1v) is 12.2. The number of hydrogen-bond acceptors (Lipinski definition) is 3. The fourth-order valence-electron chi connectivity index (χ4n) is 6.75. The number of rotatable bonds is 4. The molecule has 3 aliphatic rings. The predicted molar refractivity (Wildman–Crippen MR) is 131 cm³/mol. The maximum absolute atomic E-state index is 13.4. The lowest BCUT2D eigenvalue weighted by Crippen LogP contribution is -2.38. The van der Waals surface area contributed by atoms with Crippen LogP contribution in [0.5, 0.6) is 0 Å². The zero-order valence-corrected chi connectivity index (χ0v) is 20.4. The number of fused-ring (bicyclic) bond motifs is 3. The number of amides is 2. The van der Waals surface area contributed by atoms with Crippen molar-refractivity contribution in [2.45, 2.75) is 72.1 Å². The summed E-state index contributed by atoms with van der Waals surface area (Å²) in [6, 6.07) is 16.0. The summed E-state index contributed by atoms with van der Waals surface area (Å²) in [6.45, 7) is 11.9. The van der Waals surface area contributed by atoms with Gasteiger partial charge in [-0.15, -0.1) is 0 Å². The van der Waals surface area contributed by atoms with E-state index in [2.05, 4.69) is 31.0 Å². The predicted octanol–water partition coefficient (Wildman–Crippen LogP) is 5.70. The number of nitrogens with one attached hydrogen (secondary N) is 1. The van der Waals surface area contributed by atoms with E-state index in [-0.39, 0.29) is 34.9 Å². The smallest absolute Gasteiger partial charge is 0.256 e. The molecule has 2 aromatic rings. The Bertz CT molecular complexity index is 1090. The molecule has 2 aromatic carbocycles. The fourth-order valence-corrected chi connectivity index (χ4v) is 6.75. The first kappa shape index (κ1) is 22.0. The van der Waals surface area contributed by atoms with Gasteiger partial charge in [-0.2, -0.15) is 0 Å². The van der Waals surface area contributed by atoms with Gasteiger partial charge in [0, 0.05) is 41.0 Å². The molecule has 1 saturated heterocycles. The average molecular weight is 446 g/mol. The van der Waals surface area contributed by atoms with Gasteiger partial charge in [-0.1, -0.05) is 39.0 Å². The molecule has 0 aromatic heterocycles. The van der Waals surface area contributed by atoms with Gasteiger partial charge in [-0.25, -0.2) is 0 Å². The summed E-state index contributed by atoms with van der Waals surface area (Å²) in [4.78, 5) is 30.3. The van der Waals surface area contributed by atoms with Crippen molar-refractivity contribution < 1.29 is 9.59 Å². The van der Waals surface area contributed by atoms with Gasteiger partial charge in [0.2, 0.25) is 0 Å². The lowest BCUT2D eigenvalue weighted by Gasteiger charge is -2.39. The minimum atomic E-state index is -0.213. The van der Waals surface area contributed by atoms with Gasteiger partial charge in [0.15, 0.2) is 0 Å². The molecule has 0 radical (unpaired) electrons. The van der Waals surface area contributed by atoms with Gasteiger partial charge in [-0.05, 0) is 74.3 Å². The van der Waals surface area contributed by atoms with E-state index >= 15 is 0 Å². The quantitative estimate of drug-likeness (QED) is 0.657. The Hall–Kier alpha value is -2.82. The van der Waals surface area contributed by atoms with Gasteiger partial charge in [0.05, 0.1) is 0 Å². The van der Waals surface area contributed by atoms with Gasteiger partial charge in [-0.3, -0.25) is 9.59 Å². The Morgan fingerprint density at radius 2 is 1.73 bits per heavy atom. The van der Waals surface area contributed by atoms with Crippen molar-refractivity contribution in [3.63, 3.8) is 0 Å². The normalized spacial score (nSPS) is 27.8. The second-order valence-electron chi connectivity index (χ2n) is 11.7. The molecule has 5 nitrogen and oxygen atoms in total. The van der Waals surface area contributed by atoms with E-state index < -0.39 is 0 Å². The highest BCUT2D eigenvalue weighted by atomic mass is 16.2. The van der Waals surface area contributed by atoms with Crippen LogP contribution in [0.4, 0.5) is 5.69 Å². The number of hydrogen-bond donors (Lipinski definition) is 1. The molecule has 2 bridgehead atoms. The van der Waals surface area contributed by atoms with E-state index in [0.29, 0.717) is 6.04 Å². The van der Waals surface area contributed by atoms with Crippen molar-refractivity contribution >= 4 is 17.5 Å². The third-order valence-electron chi connectivity index (χ3n) is 7.67. The third kappa shape index (κ3) is 3.81. The molecule has 1 N–H and O–H groups in total. The second-order valence-corrected chi connectivity index (χ2v) is 11.7. The molecule has 2 heterocycles. The Kier molecular flexibility index (Phi) is 5.07. The zero-order chi connectivity index (χ0) is 23.5. The van der Waals surface area contributed by atoms with Crippen LogP contribution in [0.1, 0.15) is 86.3 Å². The summed E-state index contributed by atoms with van der Waals surface area (Å²) in [5, 5.41) is 3.53. The van der Waals surface area contributed by atoms with Crippen molar-refractivity contribution in [3.8, 4) is 0 Å². The van der Waals surface area contributed by atoms with Crippen LogP contribution in [-0.4, -0.2) is 40.2 Å². The van der Waals surface area contributed by atoms with E-state index in [1.807, 2.05) is 67.3 Å². The molecule has 1 saturated carbocycles. The summed E-state index contributed by atoms with van der Waals surface area (Å²) in [6.07, 6.45) is 3.16. The van der Waals surface area contributed by atoms with Gasteiger partial charge >= 0.3 is 0 Å². The summed E-state index contributed by atoms with van der Waals surface area (Å²) in [5.41, 5.74) is 3.91. The fraction of sp³-hybridized carbons (Fsp3) is 0.500. The highest BCUT2D eigenvalue weighted by molar-refractivity contribution is 6.00. The molecule has 3 unspecified atom stereocenters. The van der Waals surface area contributed by atoms with Crippen molar-refractivity contribution in [1.82, 2.24) is 9.80 Å². The molecular formula is C28H35N3O2. The molecule has 5 heteroatoms. The number of likely N-dealkylation sites (tertiary alicyclic amines) is 1. The Morgan fingerprint density at radius 3 is 2.42 bits per heavy atom. The van der Waals surface area contributed by atoms with Crippen molar-refractivity contribution in [2.75, 3.05) is 11.9 Å². The topological polar surface area (TPSA) is 52.7 Å². The first-order chi connectivity index (χ1) is 15.6. The second kappa shape index (κ2) is 7.61. The van der Waals surface area contributed by atoms with E-state index in [1.54, 1.807) is 0 Å². The highest BCUT2D eigenvalue weighted by Gasteiger charge is 2.51. The van der Waals surface area contributed by atoms with Crippen LogP contribution in [0.3, 0.4) is 0 Å². The van der Waals surface area contributed by atoms with E-state index in [4.69, 9.17) is 0 Å². The number of nitrogens with zero attached hydrogens (tertiary/aromatic N) is 2. The van der Waals surface area contributed by atoms with Crippen molar-refractivity contribution in [3.05, 3.63) is 65.2 Å². The standard InChI is InChI=1S/C28H35N3O2/c1-18(2)31-24(22-8-6-7-9-23(22)26(31)33)29-20-12-10-19(11-13-20)25(32)30-17-28(5)15-21(30)14-27(3,4)16-28/h6-13,18,21,24,29H,14-17H2,1-5H3. The summed E-state index contributed by atoms with van der Waals surface area (Å²) in [7, 11) is 0. The number of carbonyl (C=O) groups excluding carboxylic acids is 2. The van der Waals surface area contributed by atoms with Crippen molar-refractivity contribution in [1.29, 1.82) is 0 Å². The third-order valence-corrected chi connectivity index (χ3v) is 7.67.